The van der Waals surface area contributed by atoms with Crippen LogP contribution in [0.1, 0.15) is 59.3 Å². The Hall–Kier alpha value is -4.65. The van der Waals surface area contributed by atoms with Crippen molar-refractivity contribution in [1.82, 2.24) is 0 Å². The van der Waals surface area contributed by atoms with Crippen LogP contribution in [0.25, 0.3) is 11.1 Å². The fourth-order valence-corrected chi connectivity index (χ4v) is 4.93. The van der Waals surface area contributed by atoms with E-state index < -0.39 is 5.97 Å². The molecule has 0 aliphatic rings. The quantitative estimate of drug-likeness (QED) is 0.121. The molecule has 0 aliphatic heterocycles. The van der Waals surface area contributed by atoms with Crippen molar-refractivity contribution >= 4 is 11.8 Å². The number of carboxylic acids is 1. The van der Waals surface area contributed by atoms with Crippen LogP contribution in [-0.2, 0) is 24.1 Å². The SMILES string of the molecule is CCCc1c(OCCCOc2cc(O)c(-c3ccc(F)cc3)cc2CC)cccc1C(=O)c1ccccc1CC(=O)O. The highest BCUT2D eigenvalue weighted by molar-refractivity contribution is 6.11. The van der Waals surface area contributed by atoms with Gasteiger partial charge in [0.1, 0.15) is 23.1 Å². The molecular formula is C35H35FO6. The second-order valence-corrected chi connectivity index (χ2v) is 9.98. The molecule has 0 radical (unpaired) electrons. The lowest BCUT2D eigenvalue weighted by Crippen LogP contribution is -2.13. The number of carboxylic acid groups (broad SMARTS) is 1. The van der Waals surface area contributed by atoms with E-state index in [1.54, 1.807) is 54.6 Å². The highest BCUT2D eigenvalue weighted by Gasteiger charge is 2.20. The molecule has 0 saturated carbocycles. The van der Waals surface area contributed by atoms with Gasteiger partial charge in [-0.25, -0.2) is 4.39 Å². The maximum absolute atomic E-state index is 13.5. The van der Waals surface area contributed by atoms with Crippen LogP contribution in [0, 0.1) is 5.82 Å². The van der Waals surface area contributed by atoms with Crippen molar-refractivity contribution in [2.45, 2.75) is 46.0 Å². The minimum absolute atomic E-state index is 0.0562. The fourth-order valence-electron chi connectivity index (χ4n) is 4.93. The number of hydrogen-bond acceptors (Lipinski definition) is 5. The maximum atomic E-state index is 13.5. The topological polar surface area (TPSA) is 93.1 Å². The van der Waals surface area contributed by atoms with E-state index in [2.05, 4.69) is 0 Å². The molecule has 6 nitrogen and oxygen atoms in total. The molecule has 0 aliphatic carbocycles. The van der Waals surface area contributed by atoms with E-state index in [1.807, 2.05) is 26.0 Å². The van der Waals surface area contributed by atoms with Crippen LogP contribution in [0.15, 0.2) is 78.9 Å². The third-order valence-corrected chi connectivity index (χ3v) is 7.00. The zero-order chi connectivity index (χ0) is 30.1. The molecule has 0 saturated heterocycles. The van der Waals surface area contributed by atoms with Gasteiger partial charge in [-0.3, -0.25) is 9.59 Å². The summed E-state index contributed by atoms with van der Waals surface area (Å²) >= 11 is 0. The summed E-state index contributed by atoms with van der Waals surface area (Å²) in [5, 5.41) is 19.9. The van der Waals surface area contributed by atoms with Gasteiger partial charge in [0.05, 0.1) is 19.6 Å². The van der Waals surface area contributed by atoms with Gasteiger partial charge < -0.3 is 19.7 Å². The lowest BCUT2D eigenvalue weighted by Gasteiger charge is -2.17. The third kappa shape index (κ3) is 7.35. The standard InChI is InChI=1S/C35H35FO6/c1-3-9-28-29(35(40)27-11-6-5-10-25(27)21-34(38)39)12-7-13-32(28)41-18-8-19-42-33-22-31(37)30(20-23(33)4-2)24-14-16-26(36)17-15-24/h5-7,10-17,20,22,37H,3-4,8-9,18-19,21H2,1-2H3,(H,38,39). The predicted octanol–water partition coefficient (Wildman–Crippen LogP) is 7.42. The minimum Gasteiger partial charge on any atom is -0.507 e. The Morgan fingerprint density at radius 2 is 1.50 bits per heavy atom. The Morgan fingerprint density at radius 3 is 2.19 bits per heavy atom. The van der Waals surface area contributed by atoms with Crippen LogP contribution < -0.4 is 9.47 Å². The molecule has 0 spiro atoms. The second-order valence-electron chi connectivity index (χ2n) is 9.98. The van der Waals surface area contributed by atoms with Crippen molar-refractivity contribution in [3.8, 4) is 28.4 Å². The number of phenolic OH excluding ortho intramolecular Hbond substituents is 1. The zero-order valence-electron chi connectivity index (χ0n) is 23.9. The summed E-state index contributed by atoms with van der Waals surface area (Å²) in [5.74, 6) is -0.291. The van der Waals surface area contributed by atoms with E-state index >= 15 is 0 Å². The number of phenols is 1. The number of aromatic hydroxyl groups is 1. The molecule has 0 fully saturated rings. The van der Waals surface area contributed by atoms with Gasteiger partial charge in [-0.05, 0) is 53.8 Å². The van der Waals surface area contributed by atoms with E-state index in [4.69, 9.17) is 9.47 Å². The van der Waals surface area contributed by atoms with E-state index in [0.29, 0.717) is 66.2 Å². The number of carbonyl (C=O) groups is 2. The van der Waals surface area contributed by atoms with Gasteiger partial charge in [0.15, 0.2) is 5.78 Å². The normalized spacial score (nSPS) is 10.8. The van der Waals surface area contributed by atoms with E-state index in [0.717, 1.165) is 23.1 Å². The first kappa shape index (κ1) is 30.3. The van der Waals surface area contributed by atoms with Crippen LogP contribution in [0.2, 0.25) is 0 Å². The van der Waals surface area contributed by atoms with Gasteiger partial charge in [0, 0.05) is 34.7 Å². The van der Waals surface area contributed by atoms with Crippen LogP contribution in [0.5, 0.6) is 17.2 Å². The summed E-state index contributed by atoms with van der Waals surface area (Å²) < 4.78 is 25.4. The number of ether oxygens (including phenoxy) is 2. The van der Waals surface area contributed by atoms with Gasteiger partial charge in [-0.15, -0.1) is 0 Å². The van der Waals surface area contributed by atoms with Gasteiger partial charge in [0.25, 0.3) is 0 Å². The molecule has 0 heterocycles. The van der Waals surface area contributed by atoms with Crippen LogP contribution in [0.3, 0.4) is 0 Å². The monoisotopic (exact) mass is 570 g/mol. The van der Waals surface area contributed by atoms with Gasteiger partial charge >= 0.3 is 5.97 Å². The maximum Gasteiger partial charge on any atom is 0.307 e. The first-order chi connectivity index (χ1) is 20.3. The van der Waals surface area contributed by atoms with Crippen molar-refractivity contribution < 1.29 is 33.7 Å². The molecular weight excluding hydrogens is 535 g/mol. The third-order valence-electron chi connectivity index (χ3n) is 7.00. The van der Waals surface area contributed by atoms with Gasteiger partial charge in [-0.2, -0.15) is 0 Å². The molecule has 4 aromatic carbocycles. The summed E-state index contributed by atoms with van der Waals surface area (Å²) in [5.41, 5.74) is 4.42. The lowest BCUT2D eigenvalue weighted by atomic mass is 9.92. The molecule has 0 aromatic heterocycles. The van der Waals surface area contributed by atoms with E-state index in [-0.39, 0.29) is 23.8 Å². The molecule has 0 atom stereocenters. The van der Waals surface area contributed by atoms with Crippen molar-refractivity contribution in [2.75, 3.05) is 13.2 Å². The summed E-state index contributed by atoms with van der Waals surface area (Å²) in [4.78, 5) is 24.9. The Balaban J connectivity index is 1.43. The van der Waals surface area contributed by atoms with E-state index in [1.165, 1.54) is 12.1 Å². The molecule has 42 heavy (non-hydrogen) atoms. The number of aliphatic carboxylic acids is 1. The summed E-state index contributed by atoms with van der Waals surface area (Å²) in [7, 11) is 0. The Morgan fingerprint density at radius 1 is 0.810 bits per heavy atom. The average molecular weight is 571 g/mol. The number of carbonyl (C=O) groups excluding carboxylic acids is 1. The number of halogens is 1. The first-order valence-corrected chi connectivity index (χ1v) is 14.2. The largest absolute Gasteiger partial charge is 0.507 e. The zero-order valence-corrected chi connectivity index (χ0v) is 23.9. The predicted molar refractivity (Wildman–Crippen MR) is 160 cm³/mol. The van der Waals surface area contributed by atoms with Crippen molar-refractivity contribution in [3.63, 3.8) is 0 Å². The molecule has 0 bridgehead atoms. The van der Waals surface area contributed by atoms with Crippen LogP contribution in [0.4, 0.5) is 4.39 Å². The van der Waals surface area contributed by atoms with Gasteiger partial charge in [0.2, 0.25) is 0 Å². The van der Waals surface area contributed by atoms with Crippen LogP contribution in [-0.4, -0.2) is 35.2 Å². The number of hydrogen-bond donors (Lipinski definition) is 2. The molecule has 0 unspecified atom stereocenters. The van der Waals surface area contributed by atoms with Crippen LogP contribution >= 0.6 is 0 Å². The Bertz CT molecular complexity index is 1540. The molecule has 4 aromatic rings. The highest BCUT2D eigenvalue weighted by atomic mass is 19.1. The number of ketones is 1. The number of benzene rings is 4. The fraction of sp³-hybridized carbons (Fsp3) is 0.257. The summed E-state index contributed by atoms with van der Waals surface area (Å²) in [6.45, 7) is 4.73. The van der Waals surface area contributed by atoms with Crippen molar-refractivity contribution in [1.29, 1.82) is 0 Å². The van der Waals surface area contributed by atoms with Gasteiger partial charge in [-0.1, -0.05) is 68.8 Å². The molecule has 2 N–H and O–H groups in total. The first-order valence-electron chi connectivity index (χ1n) is 14.2. The van der Waals surface area contributed by atoms with Crippen molar-refractivity contribution in [3.05, 3.63) is 112 Å². The number of aryl methyl sites for hydroxylation is 1. The molecule has 7 heteroatoms. The van der Waals surface area contributed by atoms with E-state index in [9.17, 15) is 24.2 Å². The molecule has 218 valence electrons. The Labute approximate surface area is 245 Å². The second kappa shape index (κ2) is 14.3. The Kier molecular flexibility index (Phi) is 10.3. The molecule has 4 rings (SSSR count). The molecule has 0 amide bonds. The smallest absolute Gasteiger partial charge is 0.307 e. The summed E-state index contributed by atoms with van der Waals surface area (Å²) in [6, 6.07) is 21.6. The average Bonchev–Trinajstić information content (AvgIpc) is 2.98. The summed E-state index contributed by atoms with van der Waals surface area (Å²) in [6.07, 6.45) is 2.46. The van der Waals surface area contributed by atoms with Crippen molar-refractivity contribution in [2.24, 2.45) is 0 Å². The number of rotatable bonds is 14. The minimum atomic E-state index is -0.992. The lowest BCUT2D eigenvalue weighted by molar-refractivity contribution is -0.136. The highest BCUT2D eigenvalue weighted by Crippen LogP contribution is 2.36.